The van der Waals surface area contributed by atoms with Crippen molar-refractivity contribution < 1.29 is 13.9 Å². The van der Waals surface area contributed by atoms with Gasteiger partial charge in [0.15, 0.2) is 17.3 Å². The van der Waals surface area contributed by atoms with Crippen LogP contribution >= 0.6 is 0 Å². The lowest BCUT2D eigenvalue weighted by Gasteiger charge is -2.07. The maximum absolute atomic E-state index is 13.6. The zero-order chi connectivity index (χ0) is 14.5. The quantitative estimate of drug-likeness (QED) is 0.785. The van der Waals surface area contributed by atoms with Crippen molar-refractivity contribution in [1.29, 1.82) is 0 Å². The molecule has 2 rings (SSSR count). The van der Waals surface area contributed by atoms with Crippen LogP contribution in [0.4, 0.5) is 4.39 Å². The Labute approximate surface area is 117 Å². The van der Waals surface area contributed by atoms with Crippen molar-refractivity contribution in [3.63, 3.8) is 0 Å². The minimum absolute atomic E-state index is 0.105. The molecule has 0 aliphatic rings. The van der Waals surface area contributed by atoms with Gasteiger partial charge in [-0.3, -0.25) is 9.78 Å². The first-order chi connectivity index (χ1) is 9.65. The predicted octanol–water partition coefficient (Wildman–Crippen LogP) is 3.22. The van der Waals surface area contributed by atoms with Crippen molar-refractivity contribution >= 4 is 5.78 Å². The summed E-state index contributed by atoms with van der Waals surface area (Å²) in [6.45, 7) is 1.97. The Morgan fingerprint density at radius 3 is 2.80 bits per heavy atom. The Bertz CT molecular complexity index is 626. The van der Waals surface area contributed by atoms with Crippen molar-refractivity contribution in [3.05, 3.63) is 59.2 Å². The highest BCUT2D eigenvalue weighted by molar-refractivity contribution is 5.97. The van der Waals surface area contributed by atoms with E-state index in [-0.39, 0.29) is 18.0 Å². The lowest BCUT2D eigenvalue weighted by molar-refractivity contribution is 0.0987. The monoisotopic (exact) mass is 273 g/mol. The number of hydrogen-bond donors (Lipinski definition) is 0. The highest BCUT2D eigenvalue weighted by atomic mass is 19.1. The Hall–Kier alpha value is -2.23. The van der Waals surface area contributed by atoms with Gasteiger partial charge in [-0.25, -0.2) is 4.39 Å². The first kappa shape index (κ1) is 14.2. The van der Waals surface area contributed by atoms with Gasteiger partial charge < -0.3 is 4.74 Å². The van der Waals surface area contributed by atoms with Gasteiger partial charge >= 0.3 is 0 Å². The molecule has 4 heteroatoms. The molecule has 104 valence electrons. The smallest absolute Gasteiger partial charge is 0.185 e. The third-order valence-corrected chi connectivity index (χ3v) is 3.12. The number of hydrogen-bond acceptors (Lipinski definition) is 3. The Morgan fingerprint density at radius 2 is 2.15 bits per heavy atom. The molecule has 0 radical (unpaired) electrons. The second-order valence-corrected chi connectivity index (χ2v) is 4.43. The van der Waals surface area contributed by atoms with E-state index in [1.165, 1.54) is 19.2 Å². The molecule has 1 aromatic carbocycles. The number of nitrogens with zero attached hydrogens (tertiary/aromatic N) is 1. The number of rotatable bonds is 5. The van der Waals surface area contributed by atoms with Crippen molar-refractivity contribution in [2.24, 2.45) is 0 Å². The Kier molecular flexibility index (Phi) is 4.45. The SMILES string of the molecule is CCc1cccnc1C(=O)Cc1ccc(OC)c(F)c1. The Morgan fingerprint density at radius 1 is 1.35 bits per heavy atom. The van der Waals surface area contributed by atoms with E-state index >= 15 is 0 Å². The van der Waals surface area contributed by atoms with Crippen LogP contribution in [-0.2, 0) is 12.8 Å². The number of aromatic nitrogens is 1. The molecule has 0 aliphatic carbocycles. The largest absolute Gasteiger partial charge is 0.494 e. The normalized spacial score (nSPS) is 10.3. The fourth-order valence-corrected chi connectivity index (χ4v) is 2.06. The maximum atomic E-state index is 13.6. The van der Waals surface area contributed by atoms with Crippen LogP contribution in [0.25, 0.3) is 0 Å². The lowest BCUT2D eigenvalue weighted by Crippen LogP contribution is -2.09. The summed E-state index contributed by atoms with van der Waals surface area (Å²) in [7, 11) is 1.41. The molecule has 0 spiro atoms. The molecule has 0 atom stereocenters. The minimum atomic E-state index is -0.463. The molecule has 0 saturated heterocycles. The molecule has 1 aromatic heterocycles. The molecular formula is C16H16FNO2. The van der Waals surface area contributed by atoms with Crippen LogP contribution < -0.4 is 4.74 Å². The van der Waals surface area contributed by atoms with Gasteiger partial charge in [-0.05, 0) is 35.7 Å². The summed E-state index contributed by atoms with van der Waals surface area (Å²) in [5.41, 5.74) is 1.98. The van der Waals surface area contributed by atoms with Crippen LogP contribution in [0, 0.1) is 5.82 Å². The van der Waals surface area contributed by atoms with Crippen molar-refractivity contribution in [1.82, 2.24) is 4.98 Å². The fourth-order valence-electron chi connectivity index (χ4n) is 2.06. The number of carbonyl (C=O) groups excluding carboxylic acids is 1. The summed E-state index contributed by atoms with van der Waals surface area (Å²) in [5.74, 6) is -0.394. The van der Waals surface area contributed by atoms with Crippen LogP contribution in [0.1, 0.15) is 28.5 Å². The second kappa shape index (κ2) is 6.28. The summed E-state index contributed by atoms with van der Waals surface area (Å²) in [6, 6.07) is 8.23. The van der Waals surface area contributed by atoms with E-state index in [1.54, 1.807) is 12.3 Å². The number of ether oxygens (including phenoxy) is 1. The molecular weight excluding hydrogens is 257 g/mol. The zero-order valence-electron chi connectivity index (χ0n) is 11.5. The van der Waals surface area contributed by atoms with Gasteiger partial charge in [0.05, 0.1) is 7.11 Å². The number of pyridine rings is 1. The lowest BCUT2D eigenvalue weighted by atomic mass is 10.0. The van der Waals surface area contributed by atoms with Crippen molar-refractivity contribution in [2.45, 2.75) is 19.8 Å². The number of benzene rings is 1. The molecule has 0 amide bonds. The van der Waals surface area contributed by atoms with E-state index in [0.717, 1.165) is 12.0 Å². The summed E-state index contributed by atoms with van der Waals surface area (Å²) >= 11 is 0. The summed E-state index contributed by atoms with van der Waals surface area (Å²) < 4.78 is 18.5. The van der Waals surface area contributed by atoms with Crippen LogP contribution in [0.3, 0.4) is 0 Å². The number of methoxy groups -OCH3 is 1. The number of halogens is 1. The van der Waals surface area contributed by atoms with E-state index in [2.05, 4.69) is 4.98 Å². The molecule has 0 aliphatic heterocycles. The van der Waals surface area contributed by atoms with Gasteiger partial charge in [-0.1, -0.05) is 19.1 Å². The number of aryl methyl sites for hydroxylation is 1. The van der Waals surface area contributed by atoms with Gasteiger partial charge in [0.25, 0.3) is 0 Å². The predicted molar refractivity (Wildman–Crippen MR) is 74.6 cm³/mol. The van der Waals surface area contributed by atoms with E-state index in [0.29, 0.717) is 11.3 Å². The van der Waals surface area contributed by atoms with E-state index in [1.807, 2.05) is 19.1 Å². The topological polar surface area (TPSA) is 39.2 Å². The number of carbonyl (C=O) groups is 1. The fraction of sp³-hybridized carbons (Fsp3) is 0.250. The summed E-state index contributed by atoms with van der Waals surface area (Å²) in [6.07, 6.45) is 2.47. The highest BCUT2D eigenvalue weighted by Gasteiger charge is 2.13. The van der Waals surface area contributed by atoms with Gasteiger partial charge in [0.1, 0.15) is 5.69 Å². The molecule has 0 saturated carbocycles. The Balaban J connectivity index is 2.21. The molecule has 3 nitrogen and oxygen atoms in total. The highest BCUT2D eigenvalue weighted by Crippen LogP contribution is 2.19. The van der Waals surface area contributed by atoms with E-state index < -0.39 is 5.82 Å². The van der Waals surface area contributed by atoms with Crippen molar-refractivity contribution in [2.75, 3.05) is 7.11 Å². The first-order valence-corrected chi connectivity index (χ1v) is 6.45. The van der Waals surface area contributed by atoms with Crippen LogP contribution in [-0.4, -0.2) is 17.9 Å². The molecule has 1 heterocycles. The van der Waals surface area contributed by atoms with E-state index in [4.69, 9.17) is 4.74 Å². The second-order valence-electron chi connectivity index (χ2n) is 4.43. The third kappa shape index (κ3) is 3.02. The van der Waals surface area contributed by atoms with Crippen LogP contribution in [0.15, 0.2) is 36.5 Å². The standard InChI is InChI=1S/C16H16FNO2/c1-3-12-5-4-8-18-16(12)14(19)10-11-6-7-15(20-2)13(17)9-11/h4-9H,3,10H2,1-2H3. The zero-order valence-corrected chi connectivity index (χ0v) is 11.5. The molecule has 2 aromatic rings. The minimum Gasteiger partial charge on any atom is -0.494 e. The molecule has 0 unspecified atom stereocenters. The van der Waals surface area contributed by atoms with Gasteiger partial charge in [-0.2, -0.15) is 0 Å². The van der Waals surface area contributed by atoms with Crippen LogP contribution in [0.5, 0.6) is 5.75 Å². The van der Waals surface area contributed by atoms with Gasteiger partial charge in [0, 0.05) is 12.6 Å². The van der Waals surface area contributed by atoms with Gasteiger partial charge in [-0.15, -0.1) is 0 Å². The number of ketones is 1. The van der Waals surface area contributed by atoms with Gasteiger partial charge in [0.2, 0.25) is 0 Å². The first-order valence-electron chi connectivity index (χ1n) is 6.45. The summed E-state index contributed by atoms with van der Waals surface area (Å²) in [5, 5.41) is 0. The van der Waals surface area contributed by atoms with Crippen LogP contribution in [0.2, 0.25) is 0 Å². The van der Waals surface area contributed by atoms with Crippen molar-refractivity contribution in [3.8, 4) is 5.75 Å². The van der Waals surface area contributed by atoms with E-state index in [9.17, 15) is 9.18 Å². The average molecular weight is 273 g/mol. The average Bonchev–Trinajstić information content (AvgIpc) is 2.47. The summed E-state index contributed by atoms with van der Waals surface area (Å²) in [4.78, 5) is 16.4. The third-order valence-electron chi connectivity index (χ3n) is 3.12. The maximum Gasteiger partial charge on any atom is 0.185 e. The number of Topliss-reactive ketones (excluding diaryl/α,β-unsaturated/α-hetero) is 1. The molecule has 20 heavy (non-hydrogen) atoms. The molecule has 0 fully saturated rings. The molecule has 0 N–H and O–H groups in total. The molecule has 0 bridgehead atoms.